The molecule has 3 aromatic carbocycles. The van der Waals surface area contributed by atoms with Gasteiger partial charge in [0.1, 0.15) is 17.6 Å². The highest BCUT2D eigenvalue weighted by Gasteiger charge is 2.50. The third-order valence-corrected chi connectivity index (χ3v) is 10.7. The summed E-state index contributed by atoms with van der Waals surface area (Å²) in [5, 5.41) is 7.11. The number of aromatic nitrogens is 3. The number of benzene rings is 3. The predicted octanol–water partition coefficient (Wildman–Crippen LogP) is 5.50. The highest BCUT2D eigenvalue weighted by molar-refractivity contribution is 7.14. The van der Waals surface area contributed by atoms with Crippen molar-refractivity contribution in [1.29, 1.82) is 0 Å². The van der Waals surface area contributed by atoms with Crippen LogP contribution in [0.25, 0.3) is 34.5 Å². The molecule has 0 radical (unpaired) electrons. The van der Waals surface area contributed by atoms with Crippen molar-refractivity contribution in [3.8, 4) is 22.4 Å². The molecular weight excluding hydrogens is 633 g/mol. The number of hydrogen-bond donors (Lipinski definition) is 1. The van der Waals surface area contributed by atoms with Crippen LogP contribution in [0.15, 0.2) is 78.6 Å². The lowest BCUT2D eigenvalue weighted by Crippen LogP contribution is -2.59. The van der Waals surface area contributed by atoms with E-state index in [0.29, 0.717) is 28.1 Å². The van der Waals surface area contributed by atoms with Gasteiger partial charge in [0, 0.05) is 22.4 Å². The topological polar surface area (TPSA) is 108 Å². The molecule has 2 aromatic heterocycles. The van der Waals surface area contributed by atoms with E-state index in [1.807, 2.05) is 71.5 Å². The maximum atomic E-state index is 14.3. The van der Waals surface area contributed by atoms with E-state index in [4.69, 9.17) is 0 Å². The zero-order chi connectivity index (χ0) is 34.0. The first kappa shape index (κ1) is 30.8. The zero-order valence-electron chi connectivity index (χ0n) is 27.6. The summed E-state index contributed by atoms with van der Waals surface area (Å²) in [6, 6.07) is 20.0. The number of carbonyl (C=O) groups is 3. The van der Waals surface area contributed by atoms with Gasteiger partial charge < -0.3 is 15.1 Å². The van der Waals surface area contributed by atoms with Gasteiger partial charge in [-0.25, -0.2) is 15.0 Å². The smallest absolute Gasteiger partial charge is 0.245 e. The van der Waals surface area contributed by atoms with Gasteiger partial charge in [0.25, 0.3) is 0 Å². The van der Waals surface area contributed by atoms with Crippen LogP contribution in [-0.4, -0.2) is 45.6 Å². The Kier molecular flexibility index (Phi) is 7.29. The van der Waals surface area contributed by atoms with E-state index in [1.165, 1.54) is 23.2 Å². The van der Waals surface area contributed by atoms with E-state index < -0.39 is 11.5 Å². The Morgan fingerprint density at radius 2 is 1.80 bits per heavy atom. The molecule has 1 aliphatic heterocycles. The van der Waals surface area contributed by atoms with Gasteiger partial charge in [-0.3, -0.25) is 14.4 Å². The Morgan fingerprint density at radius 1 is 1.02 bits per heavy atom. The van der Waals surface area contributed by atoms with Crippen molar-refractivity contribution in [2.24, 2.45) is 5.92 Å². The quantitative estimate of drug-likeness (QED) is 0.253. The van der Waals surface area contributed by atoms with Gasteiger partial charge in [-0.15, -0.1) is 11.3 Å². The molecule has 0 fully saturated rings. The molecule has 3 aliphatic rings. The number of thiazole rings is 1. The summed E-state index contributed by atoms with van der Waals surface area (Å²) < 4.78 is 0. The number of anilines is 3. The van der Waals surface area contributed by atoms with Crippen LogP contribution in [0.2, 0.25) is 0 Å². The molecule has 49 heavy (non-hydrogen) atoms. The van der Waals surface area contributed by atoms with Gasteiger partial charge in [0.2, 0.25) is 5.91 Å². The second-order valence-corrected chi connectivity index (χ2v) is 14.2. The fraction of sp³-hybridized carbons (Fsp3) is 0.231. The summed E-state index contributed by atoms with van der Waals surface area (Å²) in [6.45, 7) is 8.39. The van der Waals surface area contributed by atoms with Gasteiger partial charge in [-0.05, 0) is 51.6 Å². The molecule has 8 rings (SSSR count). The van der Waals surface area contributed by atoms with Crippen LogP contribution in [0.1, 0.15) is 55.1 Å². The number of nitrogens with one attached hydrogen (secondary N) is 1. The van der Waals surface area contributed by atoms with E-state index in [0.717, 1.165) is 38.4 Å². The van der Waals surface area contributed by atoms with Crippen molar-refractivity contribution in [2.45, 2.75) is 39.2 Å². The fourth-order valence-corrected chi connectivity index (χ4v) is 8.07. The van der Waals surface area contributed by atoms with Gasteiger partial charge in [-0.2, -0.15) is 0 Å². The molecule has 244 valence electrons. The number of nitrogens with zero attached hydrogens (tertiary/aromatic N) is 5. The molecule has 1 N–H and O–H groups in total. The molecule has 0 spiro atoms. The summed E-state index contributed by atoms with van der Waals surface area (Å²) in [5.41, 5.74) is 5.91. The third kappa shape index (κ3) is 4.97. The average molecular weight is 667 g/mol. The molecule has 3 heterocycles. The van der Waals surface area contributed by atoms with Gasteiger partial charge >= 0.3 is 0 Å². The number of rotatable bonds is 6. The highest BCUT2D eigenvalue weighted by atomic mass is 32.1. The number of amides is 1. The molecule has 0 bridgehead atoms. The molecule has 5 aromatic rings. The van der Waals surface area contributed by atoms with Gasteiger partial charge in [0.15, 0.2) is 22.5 Å². The SMILES string of the molecule is CC1C=c2c(ccc3c2=CC(=O)c2ccccc2-3)C(C)(N2CN(CC(=O)Nc3nc(-c4ccc(C(C)C)cc4)cs3)c3cncnc32)C1=O. The van der Waals surface area contributed by atoms with E-state index in [1.54, 1.807) is 12.3 Å². The van der Waals surface area contributed by atoms with E-state index >= 15 is 0 Å². The minimum atomic E-state index is -1.13. The molecule has 2 atom stereocenters. The normalized spacial score (nSPS) is 19.1. The van der Waals surface area contributed by atoms with Crippen molar-refractivity contribution in [3.05, 3.63) is 106 Å². The molecule has 2 aliphatic carbocycles. The fourth-order valence-electron chi connectivity index (χ4n) is 7.34. The highest BCUT2D eigenvalue weighted by Crippen LogP contribution is 2.44. The van der Waals surface area contributed by atoms with E-state index in [9.17, 15) is 14.4 Å². The number of carbonyl (C=O) groups excluding carboxylic acids is 3. The first-order chi connectivity index (χ1) is 23.6. The lowest BCUT2D eigenvalue weighted by molar-refractivity contribution is -0.126. The third-order valence-electron chi connectivity index (χ3n) is 9.96. The van der Waals surface area contributed by atoms with Crippen molar-refractivity contribution < 1.29 is 14.4 Å². The Hall–Kier alpha value is -5.48. The molecule has 0 saturated heterocycles. The molecule has 2 unspecified atom stereocenters. The molecule has 0 saturated carbocycles. The van der Waals surface area contributed by atoms with Crippen LogP contribution in [0.3, 0.4) is 0 Å². The first-order valence-corrected chi connectivity index (χ1v) is 17.2. The zero-order valence-corrected chi connectivity index (χ0v) is 28.4. The minimum Gasteiger partial charge on any atom is -0.340 e. The molecular formula is C39H34N6O3S. The van der Waals surface area contributed by atoms with Crippen LogP contribution in [0.4, 0.5) is 16.6 Å². The van der Waals surface area contributed by atoms with Crippen LogP contribution in [-0.2, 0) is 15.1 Å². The van der Waals surface area contributed by atoms with Crippen LogP contribution >= 0.6 is 11.3 Å². The average Bonchev–Trinajstić information content (AvgIpc) is 3.72. The predicted molar refractivity (Wildman–Crippen MR) is 193 cm³/mol. The van der Waals surface area contributed by atoms with Crippen LogP contribution < -0.4 is 25.6 Å². The van der Waals surface area contributed by atoms with Crippen molar-refractivity contribution in [1.82, 2.24) is 15.0 Å². The maximum Gasteiger partial charge on any atom is 0.245 e. The Balaban J connectivity index is 1.09. The van der Waals surface area contributed by atoms with Crippen molar-refractivity contribution >= 4 is 57.6 Å². The Bertz CT molecular complexity index is 2310. The lowest BCUT2D eigenvalue weighted by Gasteiger charge is -2.42. The van der Waals surface area contributed by atoms with Crippen LogP contribution in [0, 0.1) is 5.92 Å². The molecule has 10 heteroatoms. The first-order valence-electron chi connectivity index (χ1n) is 16.4. The minimum absolute atomic E-state index is 0.00934. The summed E-state index contributed by atoms with van der Waals surface area (Å²) in [4.78, 5) is 58.4. The standard InChI is InChI=1S/C39H34N6O3S/c1-22(2)24-9-11-25(12-10-24)32-19-49-38(42-32)43-35(47)18-44-21-45(37-33(44)17-40-20-41-37)39(4)31-14-13-27-26-7-5-6-8-28(26)34(46)16-29(27)30(31)15-23(3)36(39)48/h5-17,19-20,22-23H,18,21H2,1-4H3,(H,42,43,47). The van der Waals surface area contributed by atoms with Gasteiger partial charge in [-0.1, -0.05) is 87.5 Å². The summed E-state index contributed by atoms with van der Waals surface area (Å²) in [7, 11) is 0. The lowest BCUT2D eigenvalue weighted by atomic mass is 9.73. The Morgan fingerprint density at radius 3 is 2.57 bits per heavy atom. The second-order valence-electron chi connectivity index (χ2n) is 13.3. The summed E-state index contributed by atoms with van der Waals surface area (Å²) in [5.74, 6) is 0.311. The van der Waals surface area contributed by atoms with Crippen molar-refractivity contribution in [2.75, 3.05) is 28.3 Å². The summed E-state index contributed by atoms with van der Waals surface area (Å²) >= 11 is 1.38. The molecule has 9 nitrogen and oxygen atoms in total. The number of Topliss-reactive ketones (excluding diaryl/α,β-unsaturated/α-hetero) is 2. The maximum absolute atomic E-state index is 14.3. The van der Waals surface area contributed by atoms with E-state index in [2.05, 4.69) is 58.4 Å². The summed E-state index contributed by atoms with van der Waals surface area (Å²) in [6.07, 6.45) is 6.81. The van der Waals surface area contributed by atoms with Crippen LogP contribution in [0.5, 0.6) is 0 Å². The van der Waals surface area contributed by atoms with E-state index in [-0.39, 0.29) is 30.7 Å². The van der Waals surface area contributed by atoms with Gasteiger partial charge in [0.05, 0.1) is 25.1 Å². The number of ketones is 2. The number of hydrogen-bond acceptors (Lipinski definition) is 9. The monoisotopic (exact) mass is 666 g/mol. The molecule has 1 amide bonds. The second kappa shape index (κ2) is 11.6. The number of fused-ring (bicyclic) bond motifs is 6. The Labute approximate surface area is 287 Å². The largest absolute Gasteiger partial charge is 0.340 e. The van der Waals surface area contributed by atoms with Crippen molar-refractivity contribution in [3.63, 3.8) is 0 Å².